The first-order chi connectivity index (χ1) is 9.40. The summed E-state index contributed by atoms with van der Waals surface area (Å²) < 4.78 is 51.5. The summed E-state index contributed by atoms with van der Waals surface area (Å²) in [4.78, 5) is 0. The molecule has 0 heterocycles. The summed E-state index contributed by atoms with van der Waals surface area (Å²) in [5.41, 5.74) is -0.690. The molecule has 1 atom stereocenters. The van der Waals surface area contributed by atoms with Gasteiger partial charge in [-0.2, -0.15) is 13.2 Å². The highest BCUT2D eigenvalue weighted by molar-refractivity contribution is 5.29. The first kappa shape index (κ1) is 17.0. The molecule has 1 unspecified atom stereocenters. The number of alkyl halides is 3. The third kappa shape index (κ3) is 4.78. The predicted molar refractivity (Wildman–Crippen MR) is 72.0 cm³/mol. The quantitative estimate of drug-likeness (QED) is 0.546. The molecule has 1 N–H and O–H groups in total. The van der Waals surface area contributed by atoms with Crippen molar-refractivity contribution in [3.8, 4) is 0 Å². The Morgan fingerprint density at radius 2 is 1.85 bits per heavy atom. The van der Waals surface area contributed by atoms with Crippen LogP contribution in [0.25, 0.3) is 0 Å². The molecule has 0 radical (unpaired) electrons. The Balaban J connectivity index is 2.96. The van der Waals surface area contributed by atoms with Crippen molar-refractivity contribution in [3.63, 3.8) is 0 Å². The fourth-order valence-electron chi connectivity index (χ4n) is 2.21. The minimum Gasteiger partial charge on any atom is -0.310 e. The van der Waals surface area contributed by atoms with Crippen LogP contribution < -0.4 is 5.32 Å². The average molecular weight is 291 g/mol. The largest absolute Gasteiger partial charge is 0.419 e. The Bertz CT molecular complexity index is 415. The molecule has 114 valence electrons. The molecule has 0 aliphatic heterocycles. The van der Waals surface area contributed by atoms with Crippen LogP contribution in [0, 0.1) is 5.82 Å². The van der Waals surface area contributed by atoms with Crippen molar-refractivity contribution in [3.05, 3.63) is 35.1 Å². The van der Waals surface area contributed by atoms with Crippen molar-refractivity contribution in [2.24, 2.45) is 0 Å². The lowest BCUT2D eigenvalue weighted by molar-refractivity contribution is -0.140. The number of hydrogen-bond donors (Lipinski definition) is 1. The Morgan fingerprint density at radius 3 is 2.40 bits per heavy atom. The molecule has 0 amide bonds. The van der Waals surface area contributed by atoms with E-state index in [4.69, 9.17) is 0 Å². The molecule has 0 fully saturated rings. The number of benzene rings is 1. The molecular formula is C15H21F4N. The van der Waals surface area contributed by atoms with Gasteiger partial charge < -0.3 is 5.32 Å². The van der Waals surface area contributed by atoms with Crippen LogP contribution in [0.2, 0.25) is 0 Å². The van der Waals surface area contributed by atoms with Gasteiger partial charge >= 0.3 is 6.18 Å². The van der Waals surface area contributed by atoms with Crippen LogP contribution in [-0.2, 0) is 6.18 Å². The van der Waals surface area contributed by atoms with E-state index in [1.54, 1.807) is 0 Å². The molecule has 5 heteroatoms. The number of rotatable bonds is 7. The average Bonchev–Trinajstić information content (AvgIpc) is 2.37. The molecular weight excluding hydrogens is 270 g/mol. The van der Waals surface area contributed by atoms with Crippen molar-refractivity contribution < 1.29 is 17.6 Å². The van der Waals surface area contributed by atoms with Crippen molar-refractivity contribution in [1.82, 2.24) is 5.32 Å². The molecule has 0 saturated carbocycles. The predicted octanol–water partition coefficient (Wildman–Crippen LogP) is 5.08. The van der Waals surface area contributed by atoms with E-state index in [2.05, 4.69) is 12.2 Å². The lowest BCUT2D eigenvalue weighted by Crippen LogP contribution is -2.21. The van der Waals surface area contributed by atoms with Crippen molar-refractivity contribution in [1.29, 1.82) is 0 Å². The normalized spacial score (nSPS) is 13.5. The summed E-state index contributed by atoms with van der Waals surface area (Å²) in [6.07, 6.45) is -0.872. The van der Waals surface area contributed by atoms with E-state index in [0.717, 1.165) is 37.8 Å². The van der Waals surface area contributed by atoms with Gasteiger partial charge in [0, 0.05) is 6.04 Å². The molecule has 1 aromatic rings. The topological polar surface area (TPSA) is 12.0 Å². The van der Waals surface area contributed by atoms with Gasteiger partial charge in [0.2, 0.25) is 0 Å². The van der Waals surface area contributed by atoms with Gasteiger partial charge in [-0.25, -0.2) is 4.39 Å². The molecule has 0 bridgehead atoms. The van der Waals surface area contributed by atoms with E-state index in [0.29, 0.717) is 12.1 Å². The fourth-order valence-corrected chi connectivity index (χ4v) is 2.21. The molecule has 20 heavy (non-hydrogen) atoms. The maximum atomic E-state index is 13.3. The molecule has 1 nitrogen and oxygen atoms in total. The van der Waals surface area contributed by atoms with Crippen LogP contribution in [0.4, 0.5) is 17.6 Å². The van der Waals surface area contributed by atoms with Gasteiger partial charge in [-0.15, -0.1) is 0 Å². The van der Waals surface area contributed by atoms with Gasteiger partial charge in [-0.1, -0.05) is 39.2 Å². The van der Waals surface area contributed by atoms with Gasteiger partial charge in [0.15, 0.2) is 0 Å². The number of halogens is 4. The van der Waals surface area contributed by atoms with Crippen molar-refractivity contribution in [2.45, 2.75) is 51.7 Å². The fraction of sp³-hybridized carbons (Fsp3) is 0.600. The van der Waals surface area contributed by atoms with Crippen molar-refractivity contribution in [2.75, 3.05) is 6.54 Å². The third-order valence-corrected chi connectivity index (χ3v) is 3.25. The number of nitrogens with one attached hydrogen (secondary N) is 1. The molecule has 1 rings (SSSR count). The summed E-state index contributed by atoms with van der Waals surface area (Å²) >= 11 is 0. The Morgan fingerprint density at radius 1 is 1.15 bits per heavy atom. The zero-order valence-electron chi connectivity index (χ0n) is 11.9. The Hall–Kier alpha value is -1.10. The zero-order chi connectivity index (χ0) is 15.2. The first-order valence-corrected chi connectivity index (χ1v) is 7.00. The Labute approximate surface area is 117 Å². The molecule has 0 aliphatic rings. The summed E-state index contributed by atoms with van der Waals surface area (Å²) in [5, 5.41) is 3.17. The smallest absolute Gasteiger partial charge is 0.310 e. The lowest BCUT2D eigenvalue weighted by Gasteiger charge is -2.20. The standard InChI is InChI=1S/C15H21F4N/c1-3-5-6-7-14(20-4-2)11-8-9-13(16)12(10-11)15(17,18)19/h8-10,14,20H,3-7H2,1-2H3. The van der Waals surface area contributed by atoms with Crippen LogP contribution >= 0.6 is 0 Å². The SMILES string of the molecule is CCCCCC(NCC)c1ccc(F)c(C(F)(F)F)c1. The first-order valence-electron chi connectivity index (χ1n) is 7.00. The van der Waals surface area contributed by atoms with Crippen LogP contribution in [-0.4, -0.2) is 6.54 Å². The highest BCUT2D eigenvalue weighted by atomic mass is 19.4. The van der Waals surface area contributed by atoms with E-state index >= 15 is 0 Å². The summed E-state index contributed by atoms with van der Waals surface area (Å²) in [7, 11) is 0. The highest BCUT2D eigenvalue weighted by Gasteiger charge is 2.34. The van der Waals surface area contributed by atoms with Gasteiger partial charge in [0.1, 0.15) is 5.82 Å². The van der Waals surface area contributed by atoms with Gasteiger partial charge in [-0.05, 0) is 30.7 Å². The van der Waals surface area contributed by atoms with Crippen LogP contribution in [0.5, 0.6) is 0 Å². The molecule has 0 saturated heterocycles. The lowest BCUT2D eigenvalue weighted by atomic mass is 9.98. The third-order valence-electron chi connectivity index (χ3n) is 3.25. The molecule has 0 spiro atoms. The van der Waals surface area contributed by atoms with E-state index in [1.807, 2.05) is 6.92 Å². The Kier molecular flexibility index (Phi) is 6.46. The molecule has 0 aliphatic carbocycles. The minimum absolute atomic E-state index is 0.159. The molecule has 1 aromatic carbocycles. The van der Waals surface area contributed by atoms with E-state index in [-0.39, 0.29) is 6.04 Å². The summed E-state index contributed by atoms with van der Waals surface area (Å²) in [6, 6.07) is 3.11. The maximum Gasteiger partial charge on any atom is 0.419 e. The highest BCUT2D eigenvalue weighted by Crippen LogP contribution is 2.33. The second kappa shape index (κ2) is 7.62. The second-order valence-electron chi connectivity index (χ2n) is 4.84. The second-order valence-corrected chi connectivity index (χ2v) is 4.84. The summed E-state index contributed by atoms with van der Waals surface area (Å²) in [6.45, 7) is 4.64. The monoisotopic (exact) mass is 291 g/mol. The van der Waals surface area contributed by atoms with Crippen molar-refractivity contribution >= 4 is 0 Å². The van der Waals surface area contributed by atoms with Crippen LogP contribution in [0.3, 0.4) is 0 Å². The van der Waals surface area contributed by atoms with Crippen LogP contribution in [0.1, 0.15) is 56.7 Å². The van der Waals surface area contributed by atoms with Gasteiger partial charge in [0.25, 0.3) is 0 Å². The maximum absolute atomic E-state index is 13.3. The van der Waals surface area contributed by atoms with E-state index in [1.165, 1.54) is 6.07 Å². The van der Waals surface area contributed by atoms with Gasteiger partial charge in [-0.3, -0.25) is 0 Å². The van der Waals surface area contributed by atoms with Gasteiger partial charge in [0.05, 0.1) is 5.56 Å². The zero-order valence-corrected chi connectivity index (χ0v) is 11.9. The van der Waals surface area contributed by atoms with Crippen LogP contribution in [0.15, 0.2) is 18.2 Å². The minimum atomic E-state index is -4.65. The number of hydrogen-bond acceptors (Lipinski definition) is 1. The van der Waals surface area contributed by atoms with E-state index < -0.39 is 17.6 Å². The summed E-state index contributed by atoms with van der Waals surface area (Å²) in [5.74, 6) is -1.22. The molecule has 0 aromatic heterocycles. The number of unbranched alkanes of at least 4 members (excludes halogenated alkanes) is 2. The van der Waals surface area contributed by atoms with E-state index in [9.17, 15) is 17.6 Å².